The standard InChI is InChI=1S/C16H26O4.C14H17NO2.C14H22.3C12H18.C10H14.C9H14N.C8H12N2.ClH/c1-5-13-11-16(20-10-8-18-4)14(6-2)12-15(13)19-9-7-17-3;1-4-9-7-11-12(8-10(9)5-2)14(17)15(6-3)13(11)16;1-5-11-9-12(6-2)14(8-4)13(7-3)10-11;1-4-10-7-11(5-2)9-12(6-3)8-10;2*1-4-10-7-8-11(5-2)12(6-3)9-10;2*1-3-9-5-7-10(4-2)8-6-9;1-3-7-5-9-8(4-2)10-6-7;/h11-12H,5-10H2,1-4H3;7-8H,4-6H2,1-3H3;9-10H,5-8H2,1-4H3;3*7-9H,4-6H2,1-3H3;2*5-8H,3-4H2,1-2H3;5-6H,3-4H2,1-2H3;1H/q;;;;;;;+1;;/p-1. The van der Waals surface area contributed by atoms with Crippen LogP contribution in [0, 0.1) is 0 Å². The maximum absolute atomic E-state index is 12.0. The smallest absolute Gasteiger partial charge is 0.261 e. The summed E-state index contributed by atoms with van der Waals surface area (Å²) in [5.74, 6) is 2.49. The van der Waals surface area contributed by atoms with Crippen molar-refractivity contribution in [2.45, 2.75) is 314 Å². The molecule has 650 valence electrons. The van der Waals surface area contributed by atoms with Crippen molar-refractivity contribution >= 4 is 11.8 Å². The molecule has 0 saturated heterocycles. The van der Waals surface area contributed by atoms with Gasteiger partial charge in [0, 0.05) is 51.7 Å². The molecule has 11 heteroatoms. The van der Waals surface area contributed by atoms with E-state index in [1.165, 1.54) is 113 Å². The van der Waals surface area contributed by atoms with Gasteiger partial charge in [-0.3, -0.25) is 14.5 Å². The van der Waals surface area contributed by atoms with Gasteiger partial charge in [0.2, 0.25) is 0 Å². The summed E-state index contributed by atoms with van der Waals surface area (Å²) < 4.78 is 23.8. The van der Waals surface area contributed by atoms with E-state index in [0.29, 0.717) is 44.1 Å². The zero-order valence-corrected chi connectivity index (χ0v) is 79.6. The summed E-state index contributed by atoms with van der Waals surface area (Å²) in [6.07, 6.45) is 32.1. The van der Waals surface area contributed by atoms with Crippen LogP contribution in [0.15, 0.2) is 152 Å². The molecule has 0 radical (unpaired) electrons. The number of benzene rings is 7. The number of nitrogens with zero attached hydrogens (tertiary/aromatic N) is 4. The SMILES string of the molecule is CCc1cc(CC)c(CC)c(CC)c1.CCc1cc(CC)cc(CC)c1.CCc1cc(OCCOC)c(CC)cc1OCCOC.CCc1cc2c(cc1CC)C(=O)N(CC)C2=O.CCc1cc[n+](CC)cc1.CCc1ccc(CC)c(CC)c1.CCc1ccc(CC)c(CC)c1.CCc1ccc(CC)cc1.CCc1cnc(CC)nc1.[Cl-]. The van der Waals surface area contributed by atoms with Gasteiger partial charge in [0.25, 0.3) is 11.8 Å². The first kappa shape index (κ1) is 108. The molecule has 0 atom stereocenters. The van der Waals surface area contributed by atoms with E-state index in [0.717, 1.165) is 157 Å². The minimum Gasteiger partial charge on any atom is -1.00 e. The van der Waals surface area contributed by atoms with Gasteiger partial charge in [-0.25, -0.2) is 14.5 Å². The molecule has 0 aliphatic carbocycles. The Hall–Kier alpha value is -8.28. The first-order chi connectivity index (χ1) is 56.7. The van der Waals surface area contributed by atoms with Crippen LogP contribution in [0.2, 0.25) is 0 Å². The lowest BCUT2D eigenvalue weighted by molar-refractivity contribution is -0.693. The fourth-order valence-corrected chi connectivity index (χ4v) is 13.8. The van der Waals surface area contributed by atoms with E-state index < -0.39 is 0 Å². The van der Waals surface area contributed by atoms with Crippen molar-refractivity contribution in [2.24, 2.45) is 0 Å². The molecule has 0 saturated carbocycles. The van der Waals surface area contributed by atoms with Crippen LogP contribution in [0.5, 0.6) is 11.5 Å². The molecule has 0 bridgehead atoms. The number of pyridine rings is 1. The number of aryl methyl sites for hydroxylation is 22. The van der Waals surface area contributed by atoms with E-state index in [9.17, 15) is 9.59 Å². The van der Waals surface area contributed by atoms with Gasteiger partial charge in [-0.1, -0.05) is 243 Å². The summed E-state index contributed by atoms with van der Waals surface area (Å²) in [4.78, 5) is 33.6. The average molecular weight is 1630 g/mol. The summed E-state index contributed by atoms with van der Waals surface area (Å²) in [5, 5.41) is 0. The lowest BCUT2D eigenvalue weighted by Crippen LogP contribution is -3.00. The van der Waals surface area contributed by atoms with Crippen LogP contribution in [0.25, 0.3) is 0 Å². The van der Waals surface area contributed by atoms with Crippen LogP contribution in [-0.4, -0.2) is 73.9 Å². The molecule has 9 aromatic rings. The number of aromatic nitrogens is 3. The van der Waals surface area contributed by atoms with Crippen LogP contribution in [0.4, 0.5) is 0 Å². The number of rotatable bonds is 32. The van der Waals surface area contributed by atoms with Crippen molar-refractivity contribution in [1.82, 2.24) is 14.9 Å². The molecular weight excluding hydrogens is 1470 g/mol. The van der Waals surface area contributed by atoms with Crippen molar-refractivity contribution in [2.75, 3.05) is 47.2 Å². The third-order valence-electron chi connectivity index (χ3n) is 21.8. The molecule has 1 aliphatic rings. The van der Waals surface area contributed by atoms with E-state index in [4.69, 9.17) is 18.9 Å². The van der Waals surface area contributed by atoms with Gasteiger partial charge >= 0.3 is 0 Å². The summed E-state index contributed by atoms with van der Waals surface area (Å²) in [7, 11) is 3.35. The first-order valence-corrected chi connectivity index (χ1v) is 45.4. The Kier molecular flexibility index (Phi) is 58.2. The van der Waals surface area contributed by atoms with Crippen LogP contribution in [-0.2, 0) is 157 Å². The van der Waals surface area contributed by atoms with Crippen molar-refractivity contribution in [3.63, 3.8) is 0 Å². The Labute approximate surface area is 726 Å². The van der Waals surface area contributed by atoms with Crippen molar-refractivity contribution < 1.29 is 45.5 Å². The second-order valence-electron chi connectivity index (χ2n) is 29.2. The quantitative estimate of drug-likeness (QED) is 0.0233. The number of ether oxygens (including phenoxy) is 4. The van der Waals surface area contributed by atoms with Gasteiger partial charge in [-0.15, -0.1) is 0 Å². The van der Waals surface area contributed by atoms with Crippen LogP contribution in [0.1, 0.15) is 310 Å². The molecule has 10 nitrogen and oxygen atoms in total. The zero-order valence-electron chi connectivity index (χ0n) is 78.8. The van der Waals surface area contributed by atoms with Crippen LogP contribution in [0.3, 0.4) is 0 Å². The molecule has 2 aromatic heterocycles. The molecule has 2 amide bonds. The number of hydrogen-bond acceptors (Lipinski definition) is 8. The number of amides is 2. The third kappa shape index (κ3) is 37.2. The van der Waals surface area contributed by atoms with Gasteiger partial charge in [0.15, 0.2) is 12.4 Å². The highest BCUT2D eigenvalue weighted by Crippen LogP contribution is 2.31. The number of imide groups is 1. The number of carbonyl (C=O) groups excluding carboxylic acids is 2. The van der Waals surface area contributed by atoms with Crippen LogP contribution >= 0.6 is 0 Å². The van der Waals surface area contributed by atoms with Gasteiger partial charge in [0.1, 0.15) is 37.1 Å². The highest BCUT2D eigenvalue weighted by Gasteiger charge is 2.35. The molecule has 0 N–H and O–H groups in total. The predicted octanol–water partition coefficient (Wildman–Crippen LogP) is 22.3. The Morgan fingerprint density at radius 3 is 0.856 bits per heavy atom. The molecule has 118 heavy (non-hydrogen) atoms. The molecule has 0 fully saturated rings. The Balaban J connectivity index is 0.000000669. The molecule has 7 aromatic carbocycles. The number of fused-ring (bicyclic) bond motifs is 1. The summed E-state index contributed by atoms with van der Waals surface area (Å²) >= 11 is 0. The maximum Gasteiger partial charge on any atom is 0.261 e. The fourth-order valence-electron chi connectivity index (χ4n) is 13.8. The highest BCUT2D eigenvalue weighted by atomic mass is 35.5. The van der Waals surface area contributed by atoms with Crippen molar-refractivity contribution in [3.8, 4) is 11.5 Å². The first-order valence-electron chi connectivity index (χ1n) is 45.4. The molecule has 0 unspecified atom stereocenters. The molecule has 10 rings (SSSR count). The Morgan fingerprint density at radius 2 is 0.576 bits per heavy atom. The van der Waals surface area contributed by atoms with Crippen LogP contribution < -0.4 is 26.4 Å². The molecule has 3 heterocycles. The fraction of sp³-hybridized carbons (Fsp3) is 0.505. The van der Waals surface area contributed by atoms with Gasteiger partial charge in [0.05, 0.1) is 24.3 Å². The van der Waals surface area contributed by atoms with Gasteiger partial charge in [-0.05, 0) is 290 Å². The number of methoxy groups -OCH3 is 2. The second kappa shape index (κ2) is 63.7. The summed E-state index contributed by atoms with van der Waals surface area (Å²) in [5.41, 5.74) is 30.9. The molecule has 1 aliphatic heterocycles. The normalized spacial score (nSPS) is 10.7. The van der Waals surface area contributed by atoms with E-state index in [-0.39, 0.29) is 24.2 Å². The monoisotopic (exact) mass is 1630 g/mol. The number of hydrogen-bond donors (Lipinski definition) is 0. The zero-order chi connectivity index (χ0) is 87.0. The largest absolute Gasteiger partial charge is 1.00 e. The van der Waals surface area contributed by atoms with E-state index in [2.05, 4.69) is 301 Å². The second-order valence-corrected chi connectivity index (χ2v) is 29.2. The van der Waals surface area contributed by atoms with E-state index in [1.54, 1.807) is 30.9 Å². The maximum atomic E-state index is 12.0. The Bertz CT molecular complexity index is 3800. The summed E-state index contributed by atoms with van der Waals surface area (Å²) in [6, 6.07) is 46.6. The number of carbonyl (C=O) groups is 2. The van der Waals surface area contributed by atoms with Gasteiger partial charge < -0.3 is 31.4 Å². The topological polar surface area (TPSA) is 104 Å². The molecule has 0 spiro atoms. The summed E-state index contributed by atoms with van der Waals surface area (Å²) in [6.45, 7) is 55.8. The highest BCUT2D eigenvalue weighted by molar-refractivity contribution is 6.21. The van der Waals surface area contributed by atoms with Crippen molar-refractivity contribution in [3.05, 3.63) is 286 Å². The minimum atomic E-state index is -0.148. The average Bonchev–Trinajstić information content (AvgIpc) is 1.62. The predicted molar refractivity (Wildman–Crippen MR) is 502 cm³/mol. The lowest BCUT2D eigenvalue weighted by atomic mass is 9.92. The van der Waals surface area contributed by atoms with Crippen molar-refractivity contribution in [1.29, 1.82) is 0 Å². The minimum absolute atomic E-state index is 0. The Morgan fingerprint density at radius 1 is 0.280 bits per heavy atom. The number of halogens is 1. The third-order valence-corrected chi connectivity index (χ3v) is 21.8. The van der Waals surface area contributed by atoms with E-state index >= 15 is 0 Å². The lowest BCUT2D eigenvalue weighted by Gasteiger charge is -2.16. The molecular formula is C107H159ClN4O6. The van der Waals surface area contributed by atoms with E-state index in [1.807, 2.05) is 31.5 Å². The van der Waals surface area contributed by atoms with Gasteiger partial charge in [-0.2, -0.15) is 0 Å².